The van der Waals surface area contributed by atoms with Crippen LogP contribution in [0.3, 0.4) is 0 Å². The average Bonchev–Trinajstić information content (AvgIpc) is 2.69. The lowest BCUT2D eigenvalue weighted by Gasteiger charge is -2.16. The summed E-state index contributed by atoms with van der Waals surface area (Å²) in [6, 6.07) is 12.2. The maximum atomic E-state index is 12.3. The molecule has 3 rings (SSSR count). The van der Waals surface area contributed by atoms with Crippen molar-refractivity contribution in [1.82, 2.24) is 0 Å². The van der Waals surface area contributed by atoms with Crippen LogP contribution in [-0.4, -0.2) is 12.2 Å². The molecule has 0 heterocycles. The molecule has 0 unspecified atom stereocenters. The highest BCUT2D eigenvalue weighted by atomic mass is 35.5. The third kappa shape index (κ3) is 6.17. The molecule has 25 heavy (non-hydrogen) atoms. The van der Waals surface area contributed by atoms with Crippen molar-refractivity contribution in [2.75, 3.05) is 6.38 Å². The molecule has 0 radical (unpaired) electrons. The molecule has 1 aliphatic rings. The van der Waals surface area contributed by atoms with Crippen LogP contribution in [0.15, 0.2) is 54.6 Å². The Bertz CT molecular complexity index is 693. The summed E-state index contributed by atoms with van der Waals surface area (Å²) >= 11 is 4.64. The first-order valence-corrected chi connectivity index (χ1v) is 9.74. The Morgan fingerprint density at radius 1 is 1.04 bits per heavy atom. The highest BCUT2D eigenvalue weighted by Crippen LogP contribution is 2.32. The van der Waals surface area contributed by atoms with Gasteiger partial charge in [-0.2, -0.15) is 0 Å². The van der Waals surface area contributed by atoms with Crippen LogP contribution in [0.1, 0.15) is 62.9 Å². The van der Waals surface area contributed by atoms with E-state index in [4.69, 9.17) is 0 Å². The summed E-state index contributed by atoms with van der Waals surface area (Å²) in [5, 5.41) is 2.26. The van der Waals surface area contributed by atoms with E-state index in [1.807, 2.05) is 32.1 Å². The molecule has 0 saturated heterocycles. The van der Waals surface area contributed by atoms with Crippen molar-refractivity contribution in [1.29, 1.82) is 0 Å². The van der Waals surface area contributed by atoms with Crippen LogP contribution >= 0.6 is 11.6 Å². The molecule has 0 aliphatic heterocycles. The van der Waals surface area contributed by atoms with Gasteiger partial charge in [0, 0.05) is 22.9 Å². The molecule has 1 nitrogen and oxygen atoms in total. The van der Waals surface area contributed by atoms with Crippen molar-refractivity contribution in [3.8, 4) is 0 Å². The lowest BCUT2D eigenvalue weighted by Crippen LogP contribution is -2.08. The molecule has 2 aromatic rings. The van der Waals surface area contributed by atoms with Gasteiger partial charge < -0.3 is 0 Å². The molecule has 0 saturated carbocycles. The fourth-order valence-corrected chi connectivity index (χ4v) is 2.56. The molecule has 0 atom stereocenters. The molecule has 0 aromatic heterocycles. The molecule has 0 N–H and O–H groups in total. The largest absolute Gasteiger partial charge is 0.289 e. The van der Waals surface area contributed by atoms with Crippen molar-refractivity contribution in [3.05, 3.63) is 65.8 Å². The molecule has 0 fully saturated rings. The Morgan fingerprint density at radius 3 is 2.12 bits per heavy atom. The van der Waals surface area contributed by atoms with Gasteiger partial charge in [0.1, 0.15) is 0 Å². The minimum absolute atomic E-state index is 0.205. The summed E-state index contributed by atoms with van der Waals surface area (Å²) in [6.07, 6.45) is 8.36. The normalized spacial score (nSPS) is 11.0. The highest BCUT2D eigenvalue weighted by Gasteiger charge is 2.20. The van der Waals surface area contributed by atoms with Crippen LogP contribution in [0, 0.1) is 0 Å². The van der Waals surface area contributed by atoms with E-state index >= 15 is 0 Å². The Hall–Kier alpha value is -1.86. The van der Waals surface area contributed by atoms with Crippen LogP contribution in [0.5, 0.6) is 0 Å². The van der Waals surface area contributed by atoms with Crippen LogP contribution in [-0.2, 0) is 0 Å². The van der Waals surface area contributed by atoms with Gasteiger partial charge >= 0.3 is 0 Å². The number of halogens is 1. The van der Waals surface area contributed by atoms with Gasteiger partial charge in [0.25, 0.3) is 0 Å². The van der Waals surface area contributed by atoms with Gasteiger partial charge in [-0.1, -0.05) is 76.6 Å². The molecule has 0 spiro atoms. The van der Waals surface area contributed by atoms with E-state index in [1.54, 1.807) is 0 Å². The molecule has 136 valence electrons. The second-order valence-corrected chi connectivity index (χ2v) is 5.20. The standard InChI is InChI=1S/C16H14O.C4H8.C2H6.CH3Cl/c1-2-5-13-10-12-8-3-6-11-7-4-9-14(15(11)12)16(13)17;1-3-4-2;2*1-2/h3-4,6-10H,2,5H2,1H3;3H,1,4H2,2H3;1-2H3;1H3. The van der Waals surface area contributed by atoms with E-state index in [0.717, 1.165) is 41.2 Å². The van der Waals surface area contributed by atoms with E-state index in [0.29, 0.717) is 0 Å². The van der Waals surface area contributed by atoms with E-state index in [1.165, 1.54) is 11.9 Å². The lowest BCUT2D eigenvalue weighted by atomic mass is 9.86. The number of rotatable bonds is 3. The zero-order chi connectivity index (χ0) is 19.2. The first-order valence-electron chi connectivity index (χ1n) is 8.98. The van der Waals surface area contributed by atoms with Crippen LogP contribution in [0.25, 0.3) is 16.8 Å². The zero-order valence-electron chi connectivity index (χ0n) is 16.2. The summed E-state index contributed by atoms with van der Waals surface area (Å²) in [4.78, 5) is 12.3. The Balaban J connectivity index is 0.000000625. The summed E-state index contributed by atoms with van der Waals surface area (Å²) in [5.41, 5.74) is 2.99. The van der Waals surface area contributed by atoms with Crippen molar-refractivity contribution < 1.29 is 4.79 Å². The van der Waals surface area contributed by atoms with Gasteiger partial charge in [-0.3, -0.25) is 4.79 Å². The minimum Gasteiger partial charge on any atom is -0.289 e. The number of Topliss-reactive ketones (excluding diaryl/α,β-unsaturated/α-hetero) is 1. The van der Waals surface area contributed by atoms with Gasteiger partial charge in [-0.15, -0.1) is 18.2 Å². The fourth-order valence-electron chi connectivity index (χ4n) is 2.56. The van der Waals surface area contributed by atoms with Crippen molar-refractivity contribution in [2.24, 2.45) is 0 Å². The van der Waals surface area contributed by atoms with E-state index in [9.17, 15) is 4.79 Å². The summed E-state index contributed by atoms with van der Waals surface area (Å²) in [6.45, 7) is 11.6. The number of carbonyl (C=O) groups is 1. The van der Waals surface area contributed by atoms with E-state index in [2.05, 4.69) is 62.4 Å². The predicted molar refractivity (Wildman–Crippen MR) is 115 cm³/mol. The SMILES string of the molecule is C=CCC.CC.CCCC1=Cc2cccc3cccc(c23)C1=O.CCl. The predicted octanol–water partition coefficient (Wildman–Crippen LogP) is 7.68. The minimum atomic E-state index is 0.205. The number of allylic oxidation sites excluding steroid dienone is 2. The van der Waals surface area contributed by atoms with Crippen LogP contribution < -0.4 is 0 Å². The fraction of sp³-hybridized carbons (Fsp3) is 0.348. The second kappa shape index (κ2) is 13.4. The maximum Gasteiger partial charge on any atom is 0.189 e. The molecule has 2 heteroatoms. The van der Waals surface area contributed by atoms with Crippen molar-refractivity contribution in [2.45, 2.75) is 47.0 Å². The maximum absolute atomic E-state index is 12.3. The second-order valence-electron chi connectivity index (χ2n) is 5.20. The first-order chi connectivity index (χ1) is 12.2. The van der Waals surface area contributed by atoms with Crippen molar-refractivity contribution >= 4 is 34.2 Å². The quantitative estimate of drug-likeness (QED) is 0.406. The van der Waals surface area contributed by atoms with E-state index < -0.39 is 0 Å². The number of ketones is 1. The van der Waals surface area contributed by atoms with E-state index in [-0.39, 0.29) is 5.78 Å². The Morgan fingerprint density at radius 2 is 1.60 bits per heavy atom. The topological polar surface area (TPSA) is 17.1 Å². The molecule has 1 aliphatic carbocycles. The Kier molecular flexibility index (Phi) is 12.4. The third-order valence-electron chi connectivity index (χ3n) is 3.61. The molecule has 0 bridgehead atoms. The van der Waals surface area contributed by atoms with Gasteiger partial charge in [0.05, 0.1) is 0 Å². The van der Waals surface area contributed by atoms with Crippen molar-refractivity contribution in [3.63, 3.8) is 0 Å². The lowest BCUT2D eigenvalue weighted by molar-refractivity contribution is 0.103. The van der Waals surface area contributed by atoms with Gasteiger partial charge in [0.15, 0.2) is 5.78 Å². The van der Waals surface area contributed by atoms with Crippen LogP contribution in [0.4, 0.5) is 0 Å². The third-order valence-corrected chi connectivity index (χ3v) is 3.61. The average molecular weight is 359 g/mol. The first kappa shape index (κ1) is 23.1. The molecule has 0 amide bonds. The van der Waals surface area contributed by atoms with Gasteiger partial charge in [-0.25, -0.2) is 0 Å². The number of hydrogen-bond donors (Lipinski definition) is 0. The highest BCUT2D eigenvalue weighted by molar-refractivity contribution is 6.22. The number of hydrogen-bond acceptors (Lipinski definition) is 1. The molecular formula is C23H31ClO. The Labute approximate surface area is 158 Å². The molecule has 2 aromatic carbocycles. The molecular weight excluding hydrogens is 328 g/mol. The van der Waals surface area contributed by atoms with Gasteiger partial charge in [-0.05, 0) is 29.9 Å². The smallest absolute Gasteiger partial charge is 0.189 e. The van der Waals surface area contributed by atoms with Gasteiger partial charge in [0.2, 0.25) is 0 Å². The van der Waals surface area contributed by atoms with Crippen LogP contribution in [0.2, 0.25) is 0 Å². The summed E-state index contributed by atoms with van der Waals surface area (Å²) in [5.74, 6) is 0.205. The summed E-state index contributed by atoms with van der Waals surface area (Å²) in [7, 11) is 0. The number of benzene rings is 2. The monoisotopic (exact) mass is 358 g/mol. The number of alkyl halides is 1. The zero-order valence-corrected chi connectivity index (χ0v) is 17.0. The summed E-state index contributed by atoms with van der Waals surface area (Å²) < 4.78 is 0. The number of carbonyl (C=O) groups excluding carboxylic acids is 1.